The van der Waals surface area contributed by atoms with E-state index in [1.165, 1.54) is 24.3 Å². The number of phenolic OH excluding ortho intramolecular Hbond substituents is 2. The van der Waals surface area contributed by atoms with E-state index in [9.17, 15) is 14.6 Å². The molecule has 0 saturated heterocycles. The minimum absolute atomic E-state index is 0.0187. The largest absolute Gasteiger partial charge is 0.507 e. The minimum Gasteiger partial charge on any atom is -0.507 e. The second kappa shape index (κ2) is 2.87. The molecule has 0 saturated carbocycles. The van der Waals surface area contributed by atoms with E-state index in [4.69, 9.17) is 0 Å². The Labute approximate surface area is 80.2 Å². The van der Waals surface area contributed by atoms with E-state index in [0.717, 1.165) is 0 Å². The molecular formula is C11H9FO2. The molecule has 0 atom stereocenters. The smallest absolute Gasteiger partial charge is 0.126 e. The van der Waals surface area contributed by atoms with Crippen molar-refractivity contribution in [3.8, 4) is 11.5 Å². The van der Waals surface area contributed by atoms with Crippen molar-refractivity contribution in [2.45, 2.75) is 6.92 Å². The van der Waals surface area contributed by atoms with E-state index in [1.54, 1.807) is 6.92 Å². The van der Waals surface area contributed by atoms with Gasteiger partial charge in [0.15, 0.2) is 0 Å². The van der Waals surface area contributed by atoms with Crippen LogP contribution in [0.3, 0.4) is 0 Å². The van der Waals surface area contributed by atoms with Crippen LogP contribution in [0.15, 0.2) is 24.3 Å². The summed E-state index contributed by atoms with van der Waals surface area (Å²) in [4.78, 5) is 0. The molecule has 2 N–H and O–H groups in total. The molecule has 0 aliphatic rings. The van der Waals surface area contributed by atoms with E-state index in [0.29, 0.717) is 16.3 Å². The SMILES string of the molecule is Cc1cc(O)c2cc(F)ccc2c1O. The average Bonchev–Trinajstić information content (AvgIpc) is 2.14. The summed E-state index contributed by atoms with van der Waals surface area (Å²) < 4.78 is 12.9. The minimum atomic E-state index is -0.434. The Hall–Kier alpha value is -1.77. The number of halogens is 1. The second-order valence-corrected chi connectivity index (χ2v) is 3.25. The number of hydrogen-bond donors (Lipinski definition) is 2. The van der Waals surface area contributed by atoms with Gasteiger partial charge < -0.3 is 10.2 Å². The quantitative estimate of drug-likeness (QED) is 0.630. The van der Waals surface area contributed by atoms with Gasteiger partial charge >= 0.3 is 0 Å². The van der Waals surface area contributed by atoms with Crippen LogP contribution in [0.5, 0.6) is 11.5 Å². The van der Waals surface area contributed by atoms with Crippen molar-refractivity contribution in [2.75, 3.05) is 0 Å². The first-order valence-electron chi connectivity index (χ1n) is 4.20. The summed E-state index contributed by atoms with van der Waals surface area (Å²) in [5.41, 5.74) is 0.571. The summed E-state index contributed by atoms with van der Waals surface area (Å²) in [6.45, 7) is 1.68. The number of fused-ring (bicyclic) bond motifs is 1. The molecule has 0 spiro atoms. The van der Waals surface area contributed by atoms with Gasteiger partial charge in [0.25, 0.3) is 0 Å². The molecule has 2 rings (SSSR count). The van der Waals surface area contributed by atoms with Crippen LogP contribution in [0.2, 0.25) is 0 Å². The van der Waals surface area contributed by atoms with Gasteiger partial charge in [-0.3, -0.25) is 0 Å². The van der Waals surface area contributed by atoms with Crippen LogP contribution >= 0.6 is 0 Å². The first kappa shape index (κ1) is 8.81. The number of rotatable bonds is 0. The average molecular weight is 192 g/mol. The van der Waals surface area contributed by atoms with Crippen LogP contribution in [-0.2, 0) is 0 Å². The van der Waals surface area contributed by atoms with Crippen molar-refractivity contribution in [3.05, 3.63) is 35.6 Å². The highest BCUT2D eigenvalue weighted by Crippen LogP contribution is 2.34. The molecule has 0 unspecified atom stereocenters. The molecule has 0 heterocycles. The van der Waals surface area contributed by atoms with Crippen LogP contribution in [0.4, 0.5) is 4.39 Å². The maximum atomic E-state index is 12.9. The second-order valence-electron chi connectivity index (χ2n) is 3.25. The van der Waals surface area contributed by atoms with E-state index in [2.05, 4.69) is 0 Å². The zero-order chi connectivity index (χ0) is 10.3. The zero-order valence-electron chi connectivity index (χ0n) is 7.58. The van der Waals surface area contributed by atoms with Crippen LogP contribution < -0.4 is 0 Å². The molecule has 0 fully saturated rings. The van der Waals surface area contributed by atoms with Crippen LogP contribution in [-0.4, -0.2) is 10.2 Å². The summed E-state index contributed by atoms with van der Waals surface area (Å²) in [7, 11) is 0. The van der Waals surface area contributed by atoms with Crippen molar-refractivity contribution in [3.63, 3.8) is 0 Å². The number of aryl methyl sites for hydroxylation is 1. The normalized spacial score (nSPS) is 10.7. The maximum Gasteiger partial charge on any atom is 0.126 e. The van der Waals surface area contributed by atoms with Gasteiger partial charge in [-0.05, 0) is 36.8 Å². The molecule has 0 radical (unpaired) electrons. The summed E-state index contributed by atoms with van der Waals surface area (Å²) in [5, 5.41) is 20.0. The predicted molar refractivity (Wildman–Crippen MR) is 52.0 cm³/mol. The lowest BCUT2D eigenvalue weighted by molar-refractivity contribution is 0.465. The number of hydrogen-bond acceptors (Lipinski definition) is 2. The number of phenols is 2. The highest BCUT2D eigenvalue weighted by Gasteiger charge is 2.08. The number of aromatic hydroxyl groups is 2. The molecule has 0 aliphatic heterocycles. The van der Waals surface area contributed by atoms with Crippen molar-refractivity contribution in [2.24, 2.45) is 0 Å². The molecule has 0 bridgehead atoms. The van der Waals surface area contributed by atoms with Crippen LogP contribution in [0, 0.1) is 12.7 Å². The van der Waals surface area contributed by atoms with Gasteiger partial charge in [-0.2, -0.15) is 0 Å². The van der Waals surface area contributed by atoms with Gasteiger partial charge in [0.1, 0.15) is 17.3 Å². The lowest BCUT2D eigenvalue weighted by Gasteiger charge is -2.06. The third-order valence-electron chi connectivity index (χ3n) is 2.24. The van der Waals surface area contributed by atoms with E-state index >= 15 is 0 Å². The van der Waals surface area contributed by atoms with Gasteiger partial charge in [-0.25, -0.2) is 4.39 Å². The van der Waals surface area contributed by atoms with Gasteiger partial charge in [-0.1, -0.05) is 0 Å². The van der Waals surface area contributed by atoms with E-state index in [-0.39, 0.29) is 11.5 Å². The molecule has 14 heavy (non-hydrogen) atoms. The molecule has 2 nitrogen and oxygen atoms in total. The monoisotopic (exact) mass is 192 g/mol. The van der Waals surface area contributed by atoms with Crippen molar-refractivity contribution >= 4 is 10.8 Å². The Balaban J connectivity index is 2.94. The lowest BCUT2D eigenvalue weighted by atomic mass is 10.0. The Kier molecular flexibility index (Phi) is 1.81. The molecule has 0 aliphatic carbocycles. The summed E-state index contributed by atoms with van der Waals surface area (Å²) >= 11 is 0. The zero-order valence-corrected chi connectivity index (χ0v) is 7.58. The van der Waals surface area contributed by atoms with Crippen molar-refractivity contribution < 1.29 is 14.6 Å². The fourth-order valence-electron chi connectivity index (χ4n) is 1.50. The van der Waals surface area contributed by atoms with Gasteiger partial charge in [-0.15, -0.1) is 0 Å². The highest BCUT2D eigenvalue weighted by molar-refractivity contribution is 5.93. The molecule has 3 heteroatoms. The van der Waals surface area contributed by atoms with Gasteiger partial charge in [0.05, 0.1) is 0 Å². The summed E-state index contributed by atoms with van der Waals surface area (Å²) in [6, 6.07) is 5.31. The van der Waals surface area contributed by atoms with Gasteiger partial charge in [0, 0.05) is 10.8 Å². The van der Waals surface area contributed by atoms with E-state index in [1.807, 2.05) is 0 Å². The summed E-state index contributed by atoms with van der Waals surface area (Å²) in [5.74, 6) is -0.372. The first-order valence-corrected chi connectivity index (χ1v) is 4.20. The maximum absolute atomic E-state index is 12.9. The molecule has 72 valence electrons. The molecular weight excluding hydrogens is 183 g/mol. The van der Waals surface area contributed by atoms with Crippen LogP contribution in [0.1, 0.15) is 5.56 Å². The molecule has 0 amide bonds. The number of benzene rings is 2. The Morgan fingerprint density at radius 3 is 2.50 bits per heavy atom. The van der Waals surface area contributed by atoms with Gasteiger partial charge in [0.2, 0.25) is 0 Å². The first-order chi connectivity index (χ1) is 6.59. The predicted octanol–water partition coefficient (Wildman–Crippen LogP) is 2.70. The fraction of sp³-hybridized carbons (Fsp3) is 0.0909. The lowest BCUT2D eigenvalue weighted by Crippen LogP contribution is -1.82. The van der Waals surface area contributed by atoms with Crippen molar-refractivity contribution in [1.29, 1.82) is 0 Å². The van der Waals surface area contributed by atoms with Crippen LogP contribution in [0.25, 0.3) is 10.8 Å². The Morgan fingerprint density at radius 1 is 1.07 bits per heavy atom. The topological polar surface area (TPSA) is 40.5 Å². The third kappa shape index (κ3) is 1.18. The van der Waals surface area contributed by atoms with Crippen molar-refractivity contribution in [1.82, 2.24) is 0 Å². The third-order valence-corrected chi connectivity index (χ3v) is 2.24. The Bertz CT molecular complexity index is 506. The molecule has 0 aromatic heterocycles. The molecule has 2 aromatic rings. The summed E-state index contributed by atoms with van der Waals surface area (Å²) in [6.07, 6.45) is 0. The molecule has 2 aromatic carbocycles. The van der Waals surface area contributed by atoms with E-state index < -0.39 is 5.82 Å². The Morgan fingerprint density at radius 2 is 1.79 bits per heavy atom. The fourth-order valence-corrected chi connectivity index (χ4v) is 1.50. The highest BCUT2D eigenvalue weighted by atomic mass is 19.1. The standard InChI is InChI=1S/C11H9FO2/c1-6-4-10(13)9-5-7(12)2-3-8(9)11(6)14/h2-5,13-14H,1H3.